The number of benzene rings is 1. The summed E-state index contributed by atoms with van der Waals surface area (Å²) in [4.78, 5) is 25.4. The second kappa shape index (κ2) is 7.13. The van der Waals surface area contributed by atoms with Gasteiger partial charge in [-0.3, -0.25) is 9.89 Å². The molecular weight excluding hydrogens is 352 g/mol. The quantitative estimate of drug-likeness (QED) is 0.768. The molecule has 1 amide bonds. The van der Waals surface area contributed by atoms with E-state index >= 15 is 0 Å². The van der Waals surface area contributed by atoms with E-state index in [0.717, 1.165) is 5.56 Å². The van der Waals surface area contributed by atoms with Gasteiger partial charge >= 0.3 is 0 Å². The smallest absolute Gasteiger partial charge is 0.257 e. The number of aromatic amines is 1. The molecule has 8 heteroatoms. The number of H-pyrrole nitrogens is 1. The first kappa shape index (κ1) is 16.5. The van der Waals surface area contributed by atoms with Gasteiger partial charge < -0.3 is 9.80 Å². The van der Waals surface area contributed by atoms with E-state index in [9.17, 15) is 4.79 Å². The van der Waals surface area contributed by atoms with Gasteiger partial charge in [0.15, 0.2) is 0 Å². The molecule has 3 heterocycles. The third-order valence-electron chi connectivity index (χ3n) is 4.40. The van der Waals surface area contributed by atoms with Crippen LogP contribution in [0.4, 0.5) is 5.95 Å². The van der Waals surface area contributed by atoms with Crippen LogP contribution in [0.3, 0.4) is 0 Å². The minimum atomic E-state index is -0.0302. The topological polar surface area (TPSA) is 78.0 Å². The summed E-state index contributed by atoms with van der Waals surface area (Å²) in [7, 11) is 0. The molecule has 132 valence electrons. The number of nitrogens with zero attached hydrogens (tertiary/aromatic N) is 5. The molecule has 0 bridgehead atoms. The van der Waals surface area contributed by atoms with E-state index in [1.807, 2.05) is 17.0 Å². The van der Waals surface area contributed by atoms with Crippen molar-refractivity contribution < 1.29 is 4.79 Å². The fraction of sp³-hybridized carbons (Fsp3) is 0.222. The van der Waals surface area contributed by atoms with Crippen molar-refractivity contribution in [1.29, 1.82) is 0 Å². The molecule has 26 heavy (non-hydrogen) atoms. The zero-order valence-electron chi connectivity index (χ0n) is 14.0. The first-order valence-corrected chi connectivity index (χ1v) is 8.71. The van der Waals surface area contributed by atoms with E-state index in [4.69, 9.17) is 11.6 Å². The number of carbonyl (C=O) groups excluding carboxylic acids is 1. The molecule has 0 aliphatic carbocycles. The molecule has 1 aromatic carbocycles. The number of carbonyl (C=O) groups is 1. The molecule has 0 saturated carbocycles. The SMILES string of the molecule is O=C(c1cn[nH]c1-c1ccc(Cl)cc1)N1CCN(c2ncccn2)CC1. The van der Waals surface area contributed by atoms with Crippen LogP contribution in [0, 0.1) is 0 Å². The van der Waals surface area contributed by atoms with Crippen LogP contribution in [0.15, 0.2) is 48.9 Å². The maximum absolute atomic E-state index is 13.0. The number of rotatable bonds is 3. The van der Waals surface area contributed by atoms with Gasteiger partial charge in [0.25, 0.3) is 5.91 Å². The summed E-state index contributed by atoms with van der Waals surface area (Å²) in [5, 5.41) is 7.64. The average molecular weight is 369 g/mol. The van der Waals surface area contributed by atoms with E-state index in [1.54, 1.807) is 36.8 Å². The summed E-state index contributed by atoms with van der Waals surface area (Å²) < 4.78 is 0. The summed E-state index contributed by atoms with van der Waals surface area (Å²) >= 11 is 5.95. The van der Waals surface area contributed by atoms with Crippen LogP contribution in [0.2, 0.25) is 5.02 Å². The number of hydrogen-bond acceptors (Lipinski definition) is 5. The van der Waals surface area contributed by atoms with Gasteiger partial charge in [0.2, 0.25) is 5.95 Å². The normalized spacial score (nSPS) is 14.5. The highest BCUT2D eigenvalue weighted by Crippen LogP contribution is 2.24. The van der Waals surface area contributed by atoms with Gasteiger partial charge in [-0.2, -0.15) is 5.10 Å². The van der Waals surface area contributed by atoms with Crippen LogP contribution >= 0.6 is 11.6 Å². The number of halogens is 1. The van der Waals surface area contributed by atoms with Crippen molar-refractivity contribution in [2.24, 2.45) is 0 Å². The van der Waals surface area contributed by atoms with E-state index < -0.39 is 0 Å². The lowest BCUT2D eigenvalue weighted by atomic mass is 10.1. The Hall–Kier alpha value is -2.93. The van der Waals surface area contributed by atoms with Gasteiger partial charge in [-0.05, 0) is 18.2 Å². The minimum Gasteiger partial charge on any atom is -0.337 e. The molecule has 1 fully saturated rings. The number of anilines is 1. The highest BCUT2D eigenvalue weighted by atomic mass is 35.5. The summed E-state index contributed by atoms with van der Waals surface area (Å²) in [6.45, 7) is 2.62. The molecule has 1 aliphatic rings. The Labute approximate surface area is 155 Å². The molecule has 1 N–H and O–H groups in total. The monoisotopic (exact) mass is 368 g/mol. The van der Waals surface area contributed by atoms with Gasteiger partial charge in [-0.25, -0.2) is 9.97 Å². The predicted molar refractivity (Wildman–Crippen MR) is 99.2 cm³/mol. The fourth-order valence-electron chi connectivity index (χ4n) is 3.02. The number of hydrogen-bond donors (Lipinski definition) is 1. The molecule has 4 rings (SSSR count). The maximum Gasteiger partial charge on any atom is 0.257 e. The van der Waals surface area contributed by atoms with Crippen molar-refractivity contribution in [3.8, 4) is 11.3 Å². The standard InChI is InChI=1S/C18H17ClN6O/c19-14-4-2-13(3-5-14)16-15(12-22-23-16)17(26)24-8-10-25(11-9-24)18-20-6-1-7-21-18/h1-7,12H,8-11H2,(H,22,23). The number of amides is 1. The van der Waals surface area contributed by atoms with Crippen molar-refractivity contribution in [1.82, 2.24) is 25.1 Å². The second-order valence-electron chi connectivity index (χ2n) is 5.99. The lowest BCUT2D eigenvalue weighted by Gasteiger charge is -2.34. The number of aromatic nitrogens is 4. The second-order valence-corrected chi connectivity index (χ2v) is 6.43. The largest absolute Gasteiger partial charge is 0.337 e. The van der Waals surface area contributed by atoms with Crippen LogP contribution in [-0.2, 0) is 0 Å². The van der Waals surface area contributed by atoms with E-state index in [0.29, 0.717) is 48.4 Å². The predicted octanol–water partition coefficient (Wildman–Crippen LogP) is 2.48. The van der Waals surface area contributed by atoms with Crippen molar-refractivity contribution in [3.63, 3.8) is 0 Å². The maximum atomic E-state index is 13.0. The Morgan fingerprint density at radius 1 is 1.04 bits per heavy atom. The third-order valence-corrected chi connectivity index (χ3v) is 4.66. The first-order valence-electron chi connectivity index (χ1n) is 8.33. The third kappa shape index (κ3) is 3.25. The number of piperazine rings is 1. The van der Waals surface area contributed by atoms with Gasteiger partial charge in [-0.1, -0.05) is 23.7 Å². The van der Waals surface area contributed by atoms with E-state index in [2.05, 4.69) is 25.1 Å². The molecule has 7 nitrogen and oxygen atoms in total. The van der Waals surface area contributed by atoms with Gasteiger partial charge in [0.05, 0.1) is 17.5 Å². The average Bonchev–Trinajstić information content (AvgIpc) is 3.19. The van der Waals surface area contributed by atoms with Crippen molar-refractivity contribution in [3.05, 3.63) is 59.5 Å². The van der Waals surface area contributed by atoms with Gasteiger partial charge in [0, 0.05) is 49.2 Å². The molecule has 2 aromatic heterocycles. The zero-order valence-corrected chi connectivity index (χ0v) is 14.7. The zero-order chi connectivity index (χ0) is 17.9. The first-order chi connectivity index (χ1) is 12.7. The molecule has 1 aliphatic heterocycles. The Kier molecular flexibility index (Phi) is 4.53. The highest BCUT2D eigenvalue weighted by molar-refractivity contribution is 6.30. The summed E-state index contributed by atoms with van der Waals surface area (Å²) in [6, 6.07) is 9.13. The van der Waals surface area contributed by atoms with Crippen LogP contribution in [-0.4, -0.2) is 57.2 Å². The van der Waals surface area contributed by atoms with Crippen molar-refractivity contribution >= 4 is 23.5 Å². The fourth-order valence-corrected chi connectivity index (χ4v) is 3.15. The molecule has 3 aromatic rings. The number of nitrogens with one attached hydrogen (secondary N) is 1. The molecule has 0 atom stereocenters. The molecule has 1 saturated heterocycles. The van der Waals surface area contributed by atoms with Crippen LogP contribution in [0.25, 0.3) is 11.3 Å². The van der Waals surface area contributed by atoms with E-state index in [1.165, 1.54) is 0 Å². The highest BCUT2D eigenvalue weighted by Gasteiger charge is 2.26. The summed E-state index contributed by atoms with van der Waals surface area (Å²) in [5.41, 5.74) is 2.16. The van der Waals surface area contributed by atoms with Crippen LogP contribution in [0.1, 0.15) is 10.4 Å². The minimum absolute atomic E-state index is 0.0302. The lowest BCUT2D eigenvalue weighted by Crippen LogP contribution is -2.49. The molecule has 0 radical (unpaired) electrons. The molecule has 0 spiro atoms. The summed E-state index contributed by atoms with van der Waals surface area (Å²) in [5.74, 6) is 0.669. The Bertz CT molecular complexity index is 888. The van der Waals surface area contributed by atoms with Gasteiger partial charge in [0.1, 0.15) is 0 Å². The Balaban J connectivity index is 1.48. The van der Waals surface area contributed by atoms with Crippen molar-refractivity contribution in [2.75, 3.05) is 31.1 Å². The van der Waals surface area contributed by atoms with Crippen LogP contribution in [0.5, 0.6) is 0 Å². The summed E-state index contributed by atoms with van der Waals surface area (Å²) in [6.07, 6.45) is 5.03. The lowest BCUT2D eigenvalue weighted by molar-refractivity contribution is 0.0747. The molecular formula is C18H17ClN6O. The molecule has 0 unspecified atom stereocenters. The Morgan fingerprint density at radius 2 is 1.73 bits per heavy atom. The van der Waals surface area contributed by atoms with Crippen LogP contribution < -0.4 is 4.90 Å². The Morgan fingerprint density at radius 3 is 2.42 bits per heavy atom. The van der Waals surface area contributed by atoms with Gasteiger partial charge in [-0.15, -0.1) is 0 Å². The van der Waals surface area contributed by atoms with E-state index in [-0.39, 0.29) is 5.91 Å². The van der Waals surface area contributed by atoms with Crippen molar-refractivity contribution in [2.45, 2.75) is 0 Å².